The van der Waals surface area contributed by atoms with E-state index < -0.39 is 33.2 Å². The van der Waals surface area contributed by atoms with Gasteiger partial charge < -0.3 is 9.47 Å². The van der Waals surface area contributed by atoms with Crippen LogP contribution < -0.4 is 9.47 Å². The fraction of sp³-hybridized carbons (Fsp3) is 0.290. The molecule has 0 saturated heterocycles. The Morgan fingerprint density at radius 3 is 2.05 bits per heavy atom. The van der Waals surface area contributed by atoms with E-state index in [9.17, 15) is 25.0 Å². The highest BCUT2D eigenvalue weighted by Gasteiger charge is 2.44. The van der Waals surface area contributed by atoms with Gasteiger partial charge >= 0.3 is 0 Å². The number of benzene rings is 3. The van der Waals surface area contributed by atoms with Crippen LogP contribution in [0, 0.1) is 26.1 Å². The average Bonchev–Trinajstić information content (AvgIpc) is 3.39. The Hall–Kier alpha value is -5.06. The van der Waals surface area contributed by atoms with Crippen molar-refractivity contribution in [2.75, 3.05) is 13.2 Å². The number of hydrazone groups is 1. The minimum Gasteiger partial charge on any atom is -0.494 e. The van der Waals surface area contributed by atoms with Gasteiger partial charge in [-0.2, -0.15) is 5.10 Å². The number of nitro benzene ring substituents is 2. The Bertz CT molecular complexity index is 1530. The Morgan fingerprint density at radius 1 is 0.929 bits per heavy atom. The minimum atomic E-state index is -0.749. The van der Waals surface area contributed by atoms with E-state index in [0.717, 1.165) is 65.6 Å². The fourth-order valence-electron chi connectivity index (χ4n) is 5.52. The van der Waals surface area contributed by atoms with Gasteiger partial charge in [-0.3, -0.25) is 25.0 Å². The number of rotatable bonds is 9. The van der Waals surface area contributed by atoms with E-state index in [2.05, 4.69) is 6.08 Å². The first kappa shape index (κ1) is 28.5. The van der Waals surface area contributed by atoms with Crippen molar-refractivity contribution in [1.82, 2.24) is 5.01 Å². The van der Waals surface area contributed by atoms with Gasteiger partial charge in [0.05, 0.1) is 46.4 Å². The highest BCUT2D eigenvalue weighted by molar-refractivity contribution is 6.09. The zero-order valence-electron chi connectivity index (χ0n) is 23.3. The third kappa shape index (κ3) is 5.85. The molecule has 3 aromatic rings. The molecule has 216 valence electrons. The number of carbonyl (C=O) groups excluding carboxylic acids is 1. The summed E-state index contributed by atoms with van der Waals surface area (Å²) in [7, 11) is 0. The minimum absolute atomic E-state index is 0.136. The lowest BCUT2D eigenvalue weighted by Crippen LogP contribution is -2.32. The molecule has 1 heterocycles. The van der Waals surface area contributed by atoms with Crippen molar-refractivity contribution in [3.63, 3.8) is 0 Å². The Kier molecular flexibility index (Phi) is 8.28. The van der Waals surface area contributed by atoms with E-state index >= 15 is 0 Å². The van der Waals surface area contributed by atoms with E-state index in [-0.39, 0.29) is 11.5 Å². The molecule has 2 aliphatic rings. The molecule has 0 radical (unpaired) electrons. The average molecular weight is 571 g/mol. The summed E-state index contributed by atoms with van der Waals surface area (Å²) in [6, 6.07) is 17.6. The molecule has 11 nitrogen and oxygen atoms in total. The molecule has 0 unspecified atom stereocenters. The fourth-order valence-corrected chi connectivity index (χ4v) is 5.52. The van der Waals surface area contributed by atoms with Crippen LogP contribution in [0.1, 0.15) is 60.6 Å². The second kappa shape index (κ2) is 12.2. The van der Waals surface area contributed by atoms with Gasteiger partial charge in [0.15, 0.2) is 0 Å². The van der Waals surface area contributed by atoms with Crippen molar-refractivity contribution < 1.29 is 24.1 Å². The van der Waals surface area contributed by atoms with E-state index in [1.165, 1.54) is 5.01 Å². The number of hydrogen-bond acceptors (Lipinski definition) is 8. The van der Waals surface area contributed by atoms with Crippen molar-refractivity contribution in [3.05, 3.63) is 109 Å². The first-order chi connectivity index (χ1) is 20.3. The summed E-state index contributed by atoms with van der Waals surface area (Å²) in [5, 5.41) is 29.2. The zero-order chi connectivity index (χ0) is 29.8. The predicted octanol–water partition coefficient (Wildman–Crippen LogP) is 6.74. The van der Waals surface area contributed by atoms with Crippen LogP contribution in [0.25, 0.3) is 6.08 Å². The molecule has 1 aliphatic heterocycles. The highest BCUT2D eigenvalue weighted by atomic mass is 16.6. The van der Waals surface area contributed by atoms with Crippen LogP contribution in [-0.2, 0) is 0 Å². The van der Waals surface area contributed by atoms with E-state index in [0.29, 0.717) is 19.0 Å². The summed E-state index contributed by atoms with van der Waals surface area (Å²) in [6.45, 7) is 4.90. The first-order valence-electron chi connectivity index (χ1n) is 13.8. The van der Waals surface area contributed by atoms with Gasteiger partial charge in [0, 0.05) is 18.1 Å². The lowest BCUT2D eigenvalue weighted by Gasteiger charge is -2.29. The molecule has 42 heavy (non-hydrogen) atoms. The summed E-state index contributed by atoms with van der Waals surface area (Å²) in [5.74, 6) is 0.677. The second-order valence-electron chi connectivity index (χ2n) is 10.0. The summed E-state index contributed by atoms with van der Waals surface area (Å²) < 4.78 is 11.2. The number of ether oxygens (including phenoxy) is 2. The van der Waals surface area contributed by atoms with Gasteiger partial charge in [0.2, 0.25) is 0 Å². The molecule has 1 saturated carbocycles. The Balaban J connectivity index is 1.58. The predicted molar refractivity (Wildman–Crippen MR) is 157 cm³/mol. The van der Waals surface area contributed by atoms with E-state index in [4.69, 9.17) is 14.6 Å². The number of nitro groups is 2. The van der Waals surface area contributed by atoms with Crippen molar-refractivity contribution in [2.45, 2.75) is 39.2 Å². The van der Waals surface area contributed by atoms with Crippen LogP contribution in [0.2, 0.25) is 0 Å². The van der Waals surface area contributed by atoms with Gasteiger partial charge in [0.1, 0.15) is 11.5 Å². The topological polar surface area (TPSA) is 137 Å². The zero-order valence-corrected chi connectivity index (χ0v) is 23.3. The van der Waals surface area contributed by atoms with Gasteiger partial charge in [-0.05, 0) is 80.2 Å². The van der Waals surface area contributed by atoms with Crippen LogP contribution in [-0.4, -0.2) is 39.7 Å². The van der Waals surface area contributed by atoms with Crippen LogP contribution in [0.4, 0.5) is 11.4 Å². The highest BCUT2D eigenvalue weighted by Crippen LogP contribution is 2.45. The van der Waals surface area contributed by atoms with Crippen molar-refractivity contribution in [1.29, 1.82) is 0 Å². The third-order valence-electron chi connectivity index (χ3n) is 7.35. The maximum Gasteiger partial charge on any atom is 0.277 e. The first-order valence-corrected chi connectivity index (χ1v) is 13.8. The van der Waals surface area contributed by atoms with E-state index in [1.54, 1.807) is 0 Å². The maximum atomic E-state index is 14.0. The molecule has 1 fully saturated rings. The molecule has 11 heteroatoms. The monoisotopic (exact) mass is 570 g/mol. The summed E-state index contributed by atoms with van der Waals surface area (Å²) in [4.78, 5) is 35.5. The normalized spacial score (nSPS) is 18.8. The Labute approximate surface area is 242 Å². The number of amides is 1. The lowest BCUT2D eigenvalue weighted by molar-refractivity contribution is -0.394. The van der Waals surface area contributed by atoms with Gasteiger partial charge in [0.25, 0.3) is 17.3 Å². The molecule has 5 rings (SSSR count). The second-order valence-corrected chi connectivity index (χ2v) is 10.0. The molecule has 0 spiro atoms. The van der Waals surface area contributed by atoms with Crippen LogP contribution >= 0.6 is 0 Å². The number of non-ortho nitro benzene ring substituents is 2. The van der Waals surface area contributed by atoms with Gasteiger partial charge in [-0.15, -0.1) is 0 Å². The largest absolute Gasteiger partial charge is 0.494 e. The smallest absolute Gasteiger partial charge is 0.277 e. The molecule has 0 aromatic heterocycles. The van der Waals surface area contributed by atoms with Gasteiger partial charge in [-0.1, -0.05) is 24.3 Å². The van der Waals surface area contributed by atoms with E-state index in [1.807, 2.05) is 62.4 Å². The molecule has 1 amide bonds. The number of allylic oxidation sites excluding steroid dienone is 1. The summed E-state index contributed by atoms with van der Waals surface area (Å²) >= 11 is 0. The number of fused-ring (bicyclic) bond motifs is 1. The quantitative estimate of drug-likeness (QED) is 0.205. The summed E-state index contributed by atoms with van der Waals surface area (Å²) in [6.07, 6.45) is 4.48. The van der Waals surface area contributed by atoms with Crippen LogP contribution in [0.5, 0.6) is 11.5 Å². The molecule has 3 aromatic carbocycles. The molecule has 0 bridgehead atoms. The number of nitrogens with zero attached hydrogens (tertiary/aromatic N) is 4. The van der Waals surface area contributed by atoms with Crippen molar-refractivity contribution >= 4 is 29.1 Å². The number of hydrogen-bond donors (Lipinski definition) is 0. The number of carbonyl (C=O) groups is 1. The van der Waals surface area contributed by atoms with Crippen molar-refractivity contribution in [3.8, 4) is 11.5 Å². The summed E-state index contributed by atoms with van der Waals surface area (Å²) in [5.41, 5.74) is 2.29. The molecule has 2 atom stereocenters. The van der Waals surface area contributed by atoms with Crippen molar-refractivity contribution in [2.24, 2.45) is 11.0 Å². The SMILES string of the molecule is CCOc1ccc(/C=C2/CCC[C@H]3C2=NN(C(=O)c2cc([N+](=O)[O-])cc([N+](=O)[O-])c2)[C@@H]3c2ccc(OCC)cc2)cc1. The molecular formula is C31H30N4O7. The van der Waals surface area contributed by atoms with Crippen LogP contribution in [0.15, 0.2) is 77.4 Å². The third-order valence-corrected chi connectivity index (χ3v) is 7.35. The lowest BCUT2D eigenvalue weighted by atomic mass is 9.77. The molecule has 1 aliphatic carbocycles. The maximum absolute atomic E-state index is 14.0. The van der Waals surface area contributed by atoms with Gasteiger partial charge in [-0.25, -0.2) is 5.01 Å². The van der Waals surface area contributed by atoms with Crippen LogP contribution in [0.3, 0.4) is 0 Å². The standard InChI is InChI=1S/C31H30N4O7/c1-3-41-26-12-8-20(9-13-26)16-22-6-5-7-28-29(22)32-33(30(28)21-10-14-27(15-11-21)42-4-2)31(36)23-17-24(34(37)38)19-25(18-23)35(39)40/h8-19,28,30H,3-7H2,1-2H3/b22-16-/t28-,30+/m0/s1. The Morgan fingerprint density at radius 2 is 1.50 bits per heavy atom. The molecule has 0 N–H and O–H groups in total. The molecular weight excluding hydrogens is 540 g/mol.